The maximum atomic E-state index is 3.59. The molecule has 1 spiro atoms. The molecule has 0 bridgehead atoms. The van der Waals surface area contributed by atoms with Gasteiger partial charge in [-0.15, -0.1) is 0 Å². The van der Waals surface area contributed by atoms with Crippen molar-refractivity contribution in [3.8, 4) is 0 Å². The van der Waals surface area contributed by atoms with Crippen molar-refractivity contribution in [2.75, 3.05) is 18.0 Å². The average Bonchev–Trinajstić information content (AvgIpc) is 2.87. The van der Waals surface area contributed by atoms with E-state index in [1.807, 2.05) is 0 Å². The summed E-state index contributed by atoms with van der Waals surface area (Å²) in [5, 5.41) is 0. The number of hydrogen-bond donors (Lipinski definition) is 0. The van der Waals surface area contributed by atoms with Gasteiger partial charge in [-0.1, -0.05) is 22.0 Å². The number of anilines is 1. The number of aryl methyl sites for hydroxylation is 1. The predicted octanol–water partition coefficient (Wildman–Crippen LogP) is 3.36. The van der Waals surface area contributed by atoms with Crippen LogP contribution >= 0.6 is 15.9 Å². The molecule has 0 atom stereocenters. The number of nitrogens with zero attached hydrogens (tertiary/aromatic N) is 1. The molecule has 2 aliphatic rings. The largest absolute Gasteiger partial charge is 0.370 e. The van der Waals surface area contributed by atoms with Crippen molar-refractivity contribution in [3.63, 3.8) is 0 Å². The van der Waals surface area contributed by atoms with Crippen molar-refractivity contribution >= 4 is 21.6 Å². The molecule has 14 heavy (non-hydrogen) atoms. The third-order valence-corrected chi connectivity index (χ3v) is 4.38. The zero-order valence-corrected chi connectivity index (χ0v) is 9.97. The van der Waals surface area contributed by atoms with Crippen LogP contribution in [-0.4, -0.2) is 13.1 Å². The lowest BCUT2D eigenvalue weighted by Gasteiger charge is -2.42. The summed E-state index contributed by atoms with van der Waals surface area (Å²) in [7, 11) is 0. The minimum atomic E-state index is 0.747. The summed E-state index contributed by atoms with van der Waals surface area (Å²) in [6, 6.07) is 6.66. The predicted molar refractivity (Wildman–Crippen MR) is 62.8 cm³/mol. The molecule has 1 aromatic rings. The number of rotatable bonds is 1. The maximum Gasteiger partial charge on any atom is 0.0378 e. The highest BCUT2D eigenvalue weighted by molar-refractivity contribution is 9.10. The normalized spacial score (nSPS) is 22.3. The lowest BCUT2D eigenvalue weighted by molar-refractivity contribution is 0.387. The second-order valence-corrected chi connectivity index (χ2v) is 5.64. The van der Waals surface area contributed by atoms with Gasteiger partial charge >= 0.3 is 0 Å². The average molecular weight is 252 g/mol. The van der Waals surface area contributed by atoms with E-state index in [0.717, 1.165) is 5.41 Å². The van der Waals surface area contributed by atoms with Crippen LogP contribution in [-0.2, 0) is 0 Å². The van der Waals surface area contributed by atoms with Gasteiger partial charge in [0.15, 0.2) is 0 Å². The van der Waals surface area contributed by atoms with E-state index in [4.69, 9.17) is 0 Å². The molecule has 0 amide bonds. The summed E-state index contributed by atoms with van der Waals surface area (Å²) in [4.78, 5) is 2.48. The maximum absolute atomic E-state index is 3.59. The van der Waals surface area contributed by atoms with E-state index in [1.54, 1.807) is 0 Å². The molecule has 1 saturated carbocycles. The molecule has 0 unspecified atom stereocenters. The monoisotopic (exact) mass is 251 g/mol. The van der Waals surface area contributed by atoms with E-state index in [9.17, 15) is 0 Å². The van der Waals surface area contributed by atoms with Gasteiger partial charge in [-0.05, 0) is 37.5 Å². The van der Waals surface area contributed by atoms with Crippen LogP contribution in [0, 0.1) is 12.3 Å². The Morgan fingerprint density at radius 2 is 2.00 bits per heavy atom. The van der Waals surface area contributed by atoms with Gasteiger partial charge in [-0.2, -0.15) is 0 Å². The molecule has 1 nitrogen and oxygen atoms in total. The van der Waals surface area contributed by atoms with Gasteiger partial charge in [0.2, 0.25) is 0 Å². The van der Waals surface area contributed by atoms with Crippen molar-refractivity contribution in [3.05, 3.63) is 28.2 Å². The zero-order valence-electron chi connectivity index (χ0n) is 8.39. The Kier molecular flexibility index (Phi) is 1.73. The molecule has 74 valence electrons. The fraction of sp³-hybridized carbons (Fsp3) is 0.500. The SMILES string of the molecule is Cc1ccc(N2CC3(CC3)C2)cc1Br. The van der Waals surface area contributed by atoms with Crippen LogP contribution in [0.5, 0.6) is 0 Å². The topological polar surface area (TPSA) is 3.24 Å². The standard InChI is InChI=1S/C12H14BrN/c1-9-2-3-10(6-11(9)13)14-7-12(8-14)4-5-12/h2-3,6H,4-5,7-8H2,1H3. The van der Waals surface area contributed by atoms with E-state index in [2.05, 4.69) is 46.0 Å². The van der Waals surface area contributed by atoms with Gasteiger partial charge in [-0.3, -0.25) is 0 Å². The van der Waals surface area contributed by atoms with Gasteiger partial charge in [0.1, 0.15) is 0 Å². The van der Waals surface area contributed by atoms with Crippen molar-refractivity contribution < 1.29 is 0 Å². The molecule has 3 rings (SSSR count). The lowest BCUT2D eigenvalue weighted by Crippen LogP contribution is -2.48. The molecule has 0 N–H and O–H groups in total. The van der Waals surface area contributed by atoms with Gasteiger partial charge in [0.25, 0.3) is 0 Å². The van der Waals surface area contributed by atoms with E-state index < -0.39 is 0 Å². The molecule has 1 aliphatic carbocycles. The van der Waals surface area contributed by atoms with Crippen molar-refractivity contribution in [1.29, 1.82) is 0 Å². The molecule has 2 fully saturated rings. The number of hydrogen-bond acceptors (Lipinski definition) is 1. The Morgan fingerprint density at radius 1 is 1.29 bits per heavy atom. The van der Waals surface area contributed by atoms with Gasteiger partial charge in [-0.25, -0.2) is 0 Å². The van der Waals surface area contributed by atoms with Crippen molar-refractivity contribution in [1.82, 2.24) is 0 Å². The molecule has 0 aromatic heterocycles. The molecule has 2 heteroatoms. The van der Waals surface area contributed by atoms with Crippen LogP contribution in [0.15, 0.2) is 22.7 Å². The third kappa shape index (κ3) is 1.28. The van der Waals surface area contributed by atoms with Crippen LogP contribution < -0.4 is 4.90 Å². The summed E-state index contributed by atoms with van der Waals surface area (Å²) < 4.78 is 1.23. The summed E-state index contributed by atoms with van der Waals surface area (Å²) in [5.74, 6) is 0. The van der Waals surface area contributed by atoms with Gasteiger partial charge in [0.05, 0.1) is 0 Å². The van der Waals surface area contributed by atoms with E-state index in [0.29, 0.717) is 0 Å². The Morgan fingerprint density at radius 3 is 2.57 bits per heavy atom. The highest BCUT2D eigenvalue weighted by Crippen LogP contribution is 2.53. The first kappa shape index (κ1) is 8.78. The Bertz CT molecular complexity index is 374. The molecule has 0 radical (unpaired) electrons. The molecule has 1 aliphatic heterocycles. The Balaban J connectivity index is 1.80. The zero-order chi connectivity index (χ0) is 9.76. The second kappa shape index (κ2) is 2.75. The van der Waals surface area contributed by atoms with Gasteiger partial charge < -0.3 is 4.90 Å². The van der Waals surface area contributed by atoms with Crippen molar-refractivity contribution in [2.45, 2.75) is 19.8 Å². The summed E-state index contributed by atoms with van der Waals surface area (Å²) >= 11 is 3.59. The first-order valence-corrected chi connectivity index (χ1v) is 5.99. The van der Waals surface area contributed by atoms with E-state index in [1.165, 1.54) is 41.7 Å². The highest BCUT2D eigenvalue weighted by Gasteiger charge is 2.52. The van der Waals surface area contributed by atoms with Gasteiger partial charge in [0, 0.05) is 28.7 Å². The van der Waals surface area contributed by atoms with E-state index in [-0.39, 0.29) is 0 Å². The molecular weight excluding hydrogens is 238 g/mol. The smallest absolute Gasteiger partial charge is 0.0378 e. The number of halogens is 1. The first-order chi connectivity index (χ1) is 6.69. The Labute approximate surface area is 93.2 Å². The van der Waals surface area contributed by atoms with Crippen LogP contribution in [0.25, 0.3) is 0 Å². The molecule has 1 aromatic carbocycles. The fourth-order valence-electron chi connectivity index (χ4n) is 2.22. The van der Waals surface area contributed by atoms with Crippen LogP contribution in [0.3, 0.4) is 0 Å². The highest BCUT2D eigenvalue weighted by atomic mass is 79.9. The van der Waals surface area contributed by atoms with Crippen LogP contribution in [0.4, 0.5) is 5.69 Å². The van der Waals surface area contributed by atoms with E-state index >= 15 is 0 Å². The second-order valence-electron chi connectivity index (χ2n) is 4.79. The lowest BCUT2D eigenvalue weighted by atomic mass is 9.96. The minimum Gasteiger partial charge on any atom is -0.370 e. The third-order valence-electron chi connectivity index (χ3n) is 3.53. The van der Waals surface area contributed by atoms with Crippen LogP contribution in [0.1, 0.15) is 18.4 Å². The number of benzene rings is 1. The minimum absolute atomic E-state index is 0.747. The fourth-order valence-corrected chi connectivity index (χ4v) is 2.58. The van der Waals surface area contributed by atoms with Crippen molar-refractivity contribution in [2.24, 2.45) is 5.41 Å². The molecular formula is C12H14BrN. The first-order valence-electron chi connectivity index (χ1n) is 5.20. The summed E-state index contributed by atoms with van der Waals surface area (Å²) in [5.41, 5.74) is 3.44. The van der Waals surface area contributed by atoms with Crippen LogP contribution in [0.2, 0.25) is 0 Å². The Hall–Kier alpha value is -0.500. The summed E-state index contributed by atoms with van der Waals surface area (Å²) in [6.45, 7) is 4.69. The summed E-state index contributed by atoms with van der Waals surface area (Å²) in [6.07, 6.45) is 2.91. The molecule has 1 saturated heterocycles. The quantitative estimate of drug-likeness (QED) is 0.740. The molecule has 1 heterocycles.